The SMILES string of the molecule is Cc1cccc(C)c1C1CC2NC(NSC3CCCC(C3)CN3C[C@@H](CN(C4CCC(F)(F)CC4)C[C@H]3C(C)C)O2)N1. The summed E-state index contributed by atoms with van der Waals surface area (Å²) in [6.07, 6.45) is 6.98. The minimum Gasteiger partial charge on any atom is -0.357 e. The Morgan fingerprint density at radius 2 is 1.67 bits per heavy atom. The molecule has 2 aliphatic carbocycles. The third-order valence-corrected chi connectivity index (χ3v) is 11.9. The molecule has 6 bridgehead atoms. The second-order valence-electron chi connectivity index (χ2n) is 14.3. The van der Waals surface area contributed by atoms with Crippen LogP contribution < -0.4 is 15.4 Å². The number of fused-ring (bicyclic) bond motifs is 6. The van der Waals surface area contributed by atoms with E-state index in [1.54, 1.807) is 0 Å². The standard InChI is InChI=1S/C33H53F2N5OS/c1-21(2)29-20-39(25-11-13-33(34,35)14-12-25)18-26-19-40(29)17-24-9-6-10-27(15-24)42-38-32-36-28(16-30(37-32)41-26)31-22(3)7-5-8-23(31)4/h5,7-8,21,24-30,32,36-38H,6,9-20H2,1-4H3/t24?,26-,27?,28?,29+,30?,32?/m1/s1. The molecule has 6 unspecified atom stereocenters. The summed E-state index contributed by atoms with van der Waals surface area (Å²) in [6.45, 7) is 12.9. The molecule has 0 radical (unpaired) electrons. The summed E-state index contributed by atoms with van der Waals surface area (Å²) in [5.74, 6) is -1.32. The Labute approximate surface area is 256 Å². The van der Waals surface area contributed by atoms with Crippen LogP contribution in [0.15, 0.2) is 18.2 Å². The van der Waals surface area contributed by atoms with Gasteiger partial charge in [-0.05, 0) is 74.5 Å². The quantitative estimate of drug-likeness (QED) is 0.368. The Hall–Kier alpha value is -0.810. The lowest BCUT2D eigenvalue weighted by atomic mass is 9.87. The van der Waals surface area contributed by atoms with E-state index in [4.69, 9.17) is 4.74 Å². The van der Waals surface area contributed by atoms with Gasteiger partial charge in [0.05, 0.1) is 6.10 Å². The van der Waals surface area contributed by atoms with Gasteiger partial charge in [-0.2, -0.15) is 0 Å². The van der Waals surface area contributed by atoms with Crippen LogP contribution in [0.3, 0.4) is 0 Å². The highest BCUT2D eigenvalue weighted by atomic mass is 32.2. The average Bonchev–Trinajstić information content (AvgIpc) is 3.11. The molecule has 1 aromatic carbocycles. The zero-order chi connectivity index (χ0) is 29.4. The smallest absolute Gasteiger partial charge is 0.248 e. The second kappa shape index (κ2) is 13.3. The lowest BCUT2D eigenvalue weighted by Crippen LogP contribution is -2.62. The summed E-state index contributed by atoms with van der Waals surface area (Å²) >= 11 is 1.91. The molecule has 3 N–H and O–H groups in total. The largest absolute Gasteiger partial charge is 0.357 e. The maximum absolute atomic E-state index is 14.2. The van der Waals surface area contributed by atoms with E-state index < -0.39 is 5.92 Å². The summed E-state index contributed by atoms with van der Waals surface area (Å²) < 4.78 is 39.2. The van der Waals surface area contributed by atoms with Crippen molar-refractivity contribution < 1.29 is 13.5 Å². The van der Waals surface area contributed by atoms with Crippen LogP contribution in [0.1, 0.15) is 94.4 Å². The van der Waals surface area contributed by atoms with Crippen LogP contribution in [0.2, 0.25) is 0 Å². The van der Waals surface area contributed by atoms with Crippen molar-refractivity contribution in [2.24, 2.45) is 11.8 Å². The number of benzene rings is 1. The van der Waals surface area contributed by atoms with E-state index >= 15 is 0 Å². The van der Waals surface area contributed by atoms with E-state index in [1.807, 2.05) is 11.9 Å². The highest BCUT2D eigenvalue weighted by molar-refractivity contribution is 7.98. The topological polar surface area (TPSA) is 51.8 Å². The van der Waals surface area contributed by atoms with E-state index in [9.17, 15) is 8.78 Å². The van der Waals surface area contributed by atoms with Crippen LogP contribution in [0, 0.1) is 25.7 Å². The van der Waals surface area contributed by atoms with Crippen LogP contribution in [-0.2, 0) is 4.74 Å². The number of halogens is 2. The third kappa shape index (κ3) is 7.35. The van der Waals surface area contributed by atoms with Gasteiger partial charge in [0.1, 0.15) is 12.5 Å². The normalized spacial score (nSPS) is 38.6. The van der Waals surface area contributed by atoms with Crippen LogP contribution in [0.4, 0.5) is 8.78 Å². The number of nitrogens with one attached hydrogen (secondary N) is 3. The Morgan fingerprint density at radius 1 is 0.929 bits per heavy atom. The van der Waals surface area contributed by atoms with Crippen molar-refractivity contribution in [1.29, 1.82) is 0 Å². The van der Waals surface area contributed by atoms with Crippen molar-refractivity contribution in [3.63, 3.8) is 0 Å². The predicted molar refractivity (Wildman–Crippen MR) is 167 cm³/mol. The van der Waals surface area contributed by atoms with E-state index in [0.29, 0.717) is 36.0 Å². The van der Waals surface area contributed by atoms with Gasteiger partial charge in [0.15, 0.2) is 0 Å². The molecule has 3 aliphatic heterocycles. The van der Waals surface area contributed by atoms with Gasteiger partial charge in [0.2, 0.25) is 5.92 Å². The molecule has 5 aliphatic rings. The highest BCUT2D eigenvalue weighted by Crippen LogP contribution is 2.38. The van der Waals surface area contributed by atoms with Gasteiger partial charge in [-0.15, -0.1) is 0 Å². The zero-order valence-electron chi connectivity index (χ0n) is 26.1. The highest BCUT2D eigenvalue weighted by Gasteiger charge is 2.42. The second-order valence-corrected chi connectivity index (χ2v) is 15.4. The van der Waals surface area contributed by atoms with Crippen LogP contribution in [0.5, 0.6) is 0 Å². The number of hydrogen-bond acceptors (Lipinski definition) is 7. The summed E-state index contributed by atoms with van der Waals surface area (Å²) in [6, 6.07) is 7.37. The summed E-state index contributed by atoms with van der Waals surface area (Å²) in [7, 11) is 0. The summed E-state index contributed by atoms with van der Waals surface area (Å²) in [5.41, 5.74) is 4.00. The number of aryl methyl sites for hydroxylation is 2. The molecule has 0 aromatic heterocycles. The number of nitrogens with zero attached hydrogens (tertiary/aromatic N) is 2. The lowest BCUT2D eigenvalue weighted by molar-refractivity contribution is -0.0857. The number of ether oxygens (including phenoxy) is 1. The van der Waals surface area contributed by atoms with Gasteiger partial charge in [-0.25, -0.2) is 13.5 Å². The fourth-order valence-corrected chi connectivity index (χ4v) is 9.65. The van der Waals surface area contributed by atoms with E-state index in [2.05, 4.69) is 71.0 Å². The van der Waals surface area contributed by atoms with Gasteiger partial charge in [0.25, 0.3) is 0 Å². The van der Waals surface area contributed by atoms with Crippen LogP contribution in [0.25, 0.3) is 0 Å². The average molecular weight is 606 g/mol. The lowest BCUT2D eigenvalue weighted by Gasteiger charge is -2.42. The van der Waals surface area contributed by atoms with Crippen molar-refractivity contribution in [2.75, 3.05) is 26.2 Å². The molecule has 6 nitrogen and oxygen atoms in total. The van der Waals surface area contributed by atoms with E-state index in [1.165, 1.54) is 42.4 Å². The van der Waals surface area contributed by atoms with Gasteiger partial charge in [-0.1, -0.05) is 50.4 Å². The first-order chi connectivity index (χ1) is 20.1. The molecule has 42 heavy (non-hydrogen) atoms. The molecule has 8 atom stereocenters. The van der Waals surface area contributed by atoms with Crippen molar-refractivity contribution in [3.05, 3.63) is 34.9 Å². The maximum atomic E-state index is 14.2. The molecule has 6 rings (SSSR count). The van der Waals surface area contributed by atoms with Crippen molar-refractivity contribution in [2.45, 2.75) is 133 Å². The Balaban J connectivity index is 1.30. The van der Waals surface area contributed by atoms with E-state index in [0.717, 1.165) is 32.6 Å². The molecular weight excluding hydrogens is 552 g/mol. The first kappa shape index (κ1) is 31.2. The van der Waals surface area contributed by atoms with Crippen LogP contribution in [-0.4, -0.2) is 77.9 Å². The van der Waals surface area contributed by atoms with Gasteiger partial charge < -0.3 is 4.74 Å². The van der Waals surface area contributed by atoms with E-state index in [-0.39, 0.29) is 43.5 Å². The maximum Gasteiger partial charge on any atom is 0.248 e. The van der Waals surface area contributed by atoms with Gasteiger partial charge >= 0.3 is 0 Å². The molecule has 236 valence electrons. The number of rotatable bonds is 3. The number of alkyl halides is 2. The van der Waals surface area contributed by atoms with Crippen molar-refractivity contribution in [1.82, 2.24) is 25.2 Å². The Bertz CT molecular complexity index is 1030. The Kier molecular flexibility index (Phi) is 9.86. The predicted octanol–water partition coefficient (Wildman–Crippen LogP) is 5.95. The minimum atomic E-state index is -2.51. The summed E-state index contributed by atoms with van der Waals surface area (Å²) in [4.78, 5) is 5.30. The molecule has 9 heteroatoms. The molecule has 3 heterocycles. The first-order valence-corrected chi connectivity index (χ1v) is 17.5. The minimum absolute atomic E-state index is 0.0114. The zero-order valence-corrected chi connectivity index (χ0v) is 26.9. The first-order valence-electron chi connectivity index (χ1n) is 16.6. The molecule has 2 saturated carbocycles. The van der Waals surface area contributed by atoms with Crippen molar-refractivity contribution >= 4 is 11.9 Å². The summed E-state index contributed by atoms with van der Waals surface area (Å²) in [5, 5.41) is 8.24. The molecule has 3 saturated heterocycles. The monoisotopic (exact) mass is 605 g/mol. The number of hydrogen-bond donors (Lipinski definition) is 3. The molecule has 5 fully saturated rings. The van der Waals surface area contributed by atoms with Crippen LogP contribution >= 0.6 is 11.9 Å². The Morgan fingerprint density at radius 3 is 2.40 bits per heavy atom. The molecule has 0 spiro atoms. The van der Waals surface area contributed by atoms with Crippen molar-refractivity contribution in [3.8, 4) is 0 Å². The third-order valence-electron chi connectivity index (χ3n) is 10.7. The fraction of sp³-hybridized carbons (Fsp3) is 0.818. The molecular formula is C33H53F2N5OS. The molecule has 0 amide bonds. The molecule has 1 aromatic rings. The van der Waals surface area contributed by atoms with Gasteiger partial charge in [0, 0.05) is 68.8 Å². The van der Waals surface area contributed by atoms with Gasteiger partial charge in [-0.3, -0.25) is 20.4 Å². The fourth-order valence-electron chi connectivity index (χ4n) is 8.53.